The van der Waals surface area contributed by atoms with Gasteiger partial charge in [-0.2, -0.15) is 5.26 Å². The van der Waals surface area contributed by atoms with Crippen molar-refractivity contribution in [3.05, 3.63) is 47.0 Å². The Morgan fingerprint density at radius 1 is 1.10 bits per heavy atom. The van der Waals surface area contributed by atoms with Gasteiger partial charge in [-0.3, -0.25) is 0 Å². The Hall–Kier alpha value is -3.14. The van der Waals surface area contributed by atoms with Crippen LogP contribution in [-0.2, 0) is 29.4 Å². The molecule has 0 aromatic heterocycles. The van der Waals surface area contributed by atoms with Gasteiger partial charge in [-0.1, -0.05) is 49.6 Å². The fraction of sp³-hybridized carbons (Fsp3) is 0.478. The number of nitriles is 1. The molecule has 3 rings (SSSR count). The van der Waals surface area contributed by atoms with E-state index < -0.39 is 17.5 Å². The lowest BCUT2D eigenvalue weighted by atomic mass is 9.86. The van der Waals surface area contributed by atoms with Gasteiger partial charge in [0.25, 0.3) is 5.60 Å². The molecule has 1 aliphatic carbocycles. The van der Waals surface area contributed by atoms with E-state index in [1.807, 2.05) is 0 Å². The van der Waals surface area contributed by atoms with Gasteiger partial charge in [-0.25, -0.2) is 14.6 Å². The second kappa shape index (κ2) is 9.57. The van der Waals surface area contributed by atoms with E-state index in [2.05, 4.69) is 11.1 Å². The first kappa shape index (κ1) is 21.6. The van der Waals surface area contributed by atoms with Crippen LogP contribution in [0.25, 0.3) is 0 Å². The van der Waals surface area contributed by atoms with Gasteiger partial charge in [-0.15, -0.1) is 0 Å². The van der Waals surface area contributed by atoms with Gasteiger partial charge in [0.2, 0.25) is 5.90 Å². The van der Waals surface area contributed by atoms with Gasteiger partial charge in [0.15, 0.2) is 0 Å². The smallest absolute Gasteiger partial charge is 0.344 e. The highest BCUT2D eigenvalue weighted by Crippen LogP contribution is 2.43. The van der Waals surface area contributed by atoms with E-state index in [0.717, 1.165) is 32.1 Å². The zero-order chi connectivity index (χ0) is 21.6. The minimum absolute atomic E-state index is 0.0196. The SMILES string of the molecule is CCOC(=O)C1=C(C(=O)OCC)C(C#N)(c2ccccc2)OC1=NC1CCCCC1. The number of hydrogen-bond donors (Lipinski definition) is 0. The van der Waals surface area contributed by atoms with Crippen molar-refractivity contribution in [1.29, 1.82) is 5.26 Å². The van der Waals surface area contributed by atoms with E-state index in [9.17, 15) is 14.9 Å². The van der Waals surface area contributed by atoms with Crippen molar-refractivity contribution in [3.8, 4) is 6.07 Å². The predicted octanol–water partition coefficient (Wildman–Crippen LogP) is 3.59. The summed E-state index contributed by atoms with van der Waals surface area (Å²) in [4.78, 5) is 30.5. The lowest BCUT2D eigenvalue weighted by Gasteiger charge is -2.24. The van der Waals surface area contributed by atoms with Crippen molar-refractivity contribution in [1.82, 2.24) is 0 Å². The zero-order valence-electron chi connectivity index (χ0n) is 17.3. The third-order valence-corrected chi connectivity index (χ3v) is 5.24. The molecule has 0 spiro atoms. The summed E-state index contributed by atoms with van der Waals surface area (Å²) in [6.45, 7) is 3.53. The van der Waals surface area contributed by atoms with Crippen molar-refractivity contribution in [2.75, 3.05) is 13.2 Å². The molecule has 1 aromatic rings. The summed E-state index contributed by atoms with van der Waals surface area (Å²) >= 11 is 0. The van der Waals surface area contributed by atoms with Crippen molar-refractivity contribution < 1.29 is 23.8 Å². The Morgan fingerprint density at radius 2 is 1.73 bits per heavy atom. The molecule has 0 N–H and O–H groups in total. The normalized spacial score (nSPS) is 23.0. The second-order valence-electron chi connectivity index (χ2n) is 7.18. The molecule has 2 aliphatic rings. The van der Waals surface area contributed by atoms with E-state index in [0.29, 0.717) is 5.56 Å². The first-order valence-corrected chi connectivity index (χ1v) is 10.4. The van der Waals surface area contributed by atoms with Crippen molar-refractivity contribution in [2.45, 2.75) is 57.6 Å². The highest BCUT2D eigenvalue weighted by atomic mass is 16.6. The number of esters is 2. The zero-order valence-corrected chi connectivity index (χ0v) is 17.3. The molecule has 0 amide bonds. The summed E-state index contributed by atoms with van der Waals surface area (Å²) in [5, 5.41) is 10.2. The molecule has 1 unspecified atom stereocenters. The van der Waals surface area contributed by atoms with Gasteiger partial charge in [0.1, 0.15) is 17.2 Å². The van der Waals surface area contributed by atoms with Crippen LogP contribution in [0.4, 0.5) is 0 Å². The molecular weight excluding hydrogens is 384 g/mol. The number of hydrogen-bond acceptors (Lipinski definition) is 7. The Kier molecular flexibility index (Phi) is 6.88. The Morgan fingerprint density at radius 3 is 2.33 bits per heavy atom. The molecule has 0 saturated heterocycles. The summed E-state index contributed by atoms with van der Waals surface area (Å²) in [5.74, 6) is -1.56. The summed E-state index contributed by atoms with van der Waals surface area (Å²) in [6, 6.07) is 10.7. The van der Waals surface area contributed by atoms with Gasteiger partial charge < -0.3 is 14.2 Å². The number of aliphatic imine (C=N–C) groups is 1. The van der Waals surface area contributed by atoms with E-state index in [1.54, 1.807) is 44.2 Å². The van der Waals surface area contributed by atoms with E-state index >= 15 is 0 Å². The number of carbonyl (C=O) groups excluding carboxylic acids is 2. The number of ether oxygens (including phenoxy) is 3. The van der Waals surface area contributed by atoms with Crippen LogP contribution in [0.5, 0.6) is 0 Å². The topological polar surface area (TPSA) is 98.0 Å². The Balaban J connectivity index is 2.22. The monoisotopic (exact) mass is 410 g/mol. The average molecular weight is 410 g/mol. The average Bonchev–Trinajstić information content (AvgIpc) is 3.11. The maximum absolute atomic E-state index is 13.0. The molecule has 7 nitrogen and oxygen atoms in total. The molecule has 1 aromatic carbocycles. The van der Waals surface area contributed by atoms with Crippen LogP contribution in [0.15, 0.2) is 46.5 Å². The van der Waals surface area contributed by atoms with E-state index in [4.69, 9.17) is 14.2 Å². The van der Waals surface area contributed by atoms with Crippen LogP contribution in [0.3, 0.4) is 0 Å². The quantitative estimate of drug-likeness (QED) is 0.665. The Bertz CT molecular complexity index is 894. The van der Waals surface area contributed by atoms with Gasteiger partial charge in [-0.05, 0) is 26.7 Å². The van der Waals surface area contributed by atoms with Crippen LogP contribution >= 0.6 is 0 Å². The minimum atomic E-state index is -1.83. The molecule has 1 saturated carbocycles. The third-order valence-electron chi connectivity index (χ3n) is 5.24. The van der Waals surface area contributed by atoms with Crippen LogP contribution in [0.1, 0.15) is 51.5 Å². The third kappa shape index (κ3) is 4.09. The van der Waals surface area contributed by atoms with Gasteiger partial charge in [0.05, 0.1) is 19.3 Å². The number of rotatable bonds is 6. The molecule has 1 heterocycles. The Labute approximate surface area is 176 Å². The van der Waals surface area contributed by atoms with Crippen LogP contribution in [0.2, 0.25) is 0 Å². The number of nitrogens with zero attached hydrogens (tertiary/aromatic N) is 2. The molecule has 1 aliphatic heterocycles. The predicted molar refractivity (Wildman–Crippen MR) is 109 cm³/mol. The first-order chi connectivity index (χ1) is 14.6. The highest BCUT2D eigenvalue weighted by molar-refractivity contribution is 6.24. The lowest BCUT2D eigenvalue weighted by Crippen LogP contribution is -2.32. The first-order valence-electron chi connectivity index (χ1n) is 10.4. The summed E-state index contributed by atoms with van der Waals surface area (Å²) < 4.78 is 16.5. The summed E-state index contributed by atoms with van der Waals surface area (Å²) in [6.07, 6.45) is 4.94. The molecule has 1 fully saturated rings. The molecule has 0 bridgehead atoms. The number of carbonyl (C=O) groups is 2. The van der Waals surface area contributed by atoms with Crippen molar-refractivity contribution >= 4 is 17.8 Å². The van der Waals surface area contributed by atoms with Crippen molar-refractivity contribution in [2.24, 2.45) is 4.99 Å². The van der Waals surface area contributed by atoms with Crippen molar-refractivity contribution in [3.63, 3.8) is 0 Å². The van der Waals surface area contributed by atoms with Gasteiger partial charge in [0, 0.05) is 5.56 Å². The van der Waals surface area contributed by atoms with Crippen LogP contribution < -0.4 is 0 Å². The lowest BCUT2D eigenvalue weighted by molar-refractivity contribution is -0.142. The second-order valence-corrected chi connectivity index (χ2v) is 7.18. The molecular formula is C23H26N2O5. The fourth-order valence-electron chi connectivity index (χ4n) is 3.86. The minimum Gasteiger partial charge on any atom is -0.462 e. The molecule has 7 heteroatoms. The van der Waals surface area contributed by atoms with E-state index in [-0.39, 0.29) is 36.3 Å². The fourth-order valence-corrected chi connectivity index (χ4v) is 3.86. The molecule has 0 radical (unpaired) electrons. The van der Waals surface area contributed by atoms with E-state index in [1.165, 1.54) is 0 Å². The number of benzene rings is 1. The molecule has 30 heavy (non-hydrogen) atoms. The maximum atomic E-state index is 13.0. The van der Waals surface area contributed by atoms with Gasteiger partial charge >= 0.3 is 11.9 Å². The highest BCUT2D eigenvalue weighted by Gasteiger charge is 2.55. The maximum Gasteiger partial charge on any atom is 0.344 e. The standard InChI is InChI=1S/C23H26N2O5/c1-3-28-21(26)18-19(22(27)29-4-2)23(15-24,16-11-7-5-8-12-16)30-20(18)25-17-13-9-6-10-14-17/h5,7-8,11-12,17H,3-4,6,9-10,13-14H2,1-2H3. The molecule has 1 atom stereocenters. The van der Waals surface area contributed by atoms with Crippen LogP contribution in [-0.4, -0.2) is 37.1 Å². The summed E-state index contributed by atoms with van der Waals surface area (Å²) in [7, 11) is 0. The van der Waals surface area contributed by atoms with Crippen LogP contribution in [0, 0.1) is 11.3 Å². The molecule has 158 valence electrons. The summed E-state index contributed by atoms with van der Waals surface area (Å²) in [5.41, 5.74) is -1.70. The largest absolute Gasteiger partial charge is 0.462 e.